The van der Waals surface area contributed by atoms with Crippen LogP contribution >= 0.6 is 11.6 Å². The van der Waals surface area contributed by atoms with Gasteiger partial charge in [0.05, 0.1) is 11.6 Å². The van der Waals surface area contributed by atoms with Gasteiger partial charge in [-0.3, -0.25) is 4.79 Å². The molecule has 0 aliphatic rings. The summed E-state index contributed by atoms with van der Waals surface area (Å²) in [5.41, 5.74) is 3.77. The lowest BCUT2D eigenvalue weighted by atomic mass is 10.2. The van der Waals surface area contributed by atoms with Crippen molar-refractivity contribution in [3.05, 3.63) is 35.1 Å². The molecule has 0 aliphatic carbocycles. The van der Waals surface area contributed by atoms with Crippen LogP contribution in [0, 0.1) is 17.5 Å². The molecule has 0 saturated carbocycles. The molecular weight excluding hydrogens is 300 g/mol. The molecule has 19 heavy (non-hydrogen) atoms. The van der Waals surface area contributed by atoms with Crippen molar-refractivity contribution in [2.45, 2.75) is 19.1 Å². The third-order valence-corrected chi connectivity index (χ3v) is 1.94. The number of hydrogen-bond acceptors (Lipinski definition) is 2. The van der Waals surface area contributed by atoms with Gasteiger partial charge in [-0.1, -0.05) is 0 Å². The van der Waals surface area contributed by atoms with Crippen molar-refractivity contribution in [3.8, 4) is 0 Å². The van der Waals surface area contributed by atoms with Crippen molar-refractivity contribution >= 4 is 16.8 Å². The standard InChI is InChI=1S/C7H2ClF3O.C3H6F3N/c8-7(12)3-1-5(10)6(11)2-4(3)9;1-2(7)3(4,5)6/h1-2H;2H,7H2,1H3/t;2-/m.0/s1. The van der Waals surface area contributed by atoms with Crippen LogP contribution in [0.25, 0.3) is 0 Å². The summed E-state index contributed by atoms with van der Waals surface area (Å²) in [6, 6.07) is -1.02. The highest BCUT2D eigenvalue weighted by Gasteiger charge is 2.32. The van der Waals surface area contributed by atoms with Crippen LogP contribution in [-0.2, 0) is 0 Å². The molecule has 9 heteroatoms. The Kier molecular flexibility index (Phi) is 6.31. The second-order valence-electron chi connectivity index (χ2n) is 3.35. The summed E-state index contributed by atoms with van der Waals surface area (Å²) < 4.78 is 70.3. The normalized spacial score (nSPS) is 12.5. The SMILES string of the molecule is C[C@H](N)C(F)(F)F.O=C(Cl)c1cc(F)c(F)cc1F. The highest BCUT2D eigenvalue weighted by Crippen LogP contribution is 2.17. The molecule has 0 unspecified atom stereocenters. The Labute approximate surface area is 109 Å². The quantitative estimate of drug-likeness (QED) is 0.491. The van der Waals surface area contributed by atoms with Crippen molar-refractivity contribution in [1.82, 2.24) is 0 Å². The van der Waals surface area contributed by atoms with E-state index in [9.17, 15) is 31.1 Å². The number of nitrogens with two attached hydrogens (primary N) is 1. The van der Waals surface area contributed by atoms with Gasteiger partial charge in [-0.2, -0.15) is 13.2 Å². The van der Waals surface area contributed by atoms with Gasteiger partial charge in [0, 0.05) is 6.07 Å². The van der Waals surface area contributed by atoms with E-state index in [0.717, 1.165) is 6.92 Å². The molecule has 0 amide bonds. The van der Waals surface area contributed by atoms with Crippen LogP contribution in [0.4, 0.5) is 26.3 Å². The second-order valence-corrected chi connectivity index (χ2v) is 3.69. The van der Waals surface area contributed by atoms with Gasteiger partial charge in [0.1, 0.15) is 5.82 Å². The van der Waals surface area contributed by atoms with Gasteiger partial charge in [-0.25, -0.2) is 13.2 Å². The summed E-state index contributed by atoms with van der Waals surface area (Å²) in [5.74, 6) is -3.83. The van der Waals surface area contributed by atoms with E-state index in [0.29, 0.717) is 6.07 Å². The van der Waals surface area contributed by atoms with Gasteiger partial charge in [-0.15, -0.1) is 0 Å². The topological polar surface area (TPSA) is 43.1 Å². The van der Waals surface area contributed by atoms with Crippen LogP contribution in [0.5, 0.6) is 0 Å². The Hall–Kier alpha value is -1.28. The molecule has 1 aromatic rings. The number of halogens is 7. The van der Waals surface area contributed by atoms with E-state index in [4.69, 9.17) is 11.6 Å². The van der Waals surface area contributed by atoms with E-state index >= 15 is 0 Å². The van der Waals surface area contributed by atoms with E-state index in [1.54, 1.807) is 0 Å². The van der Waals surface area contributed by atoms with E-state index in [1.807, 2.05) is 0 Å². The maximum absolute atomic E-state index is 12.6. The zero-order valence-electron chi connectivity index (χ0n) is 9.36. The summed E-state index contributed by atoms with van der Waals surface area (Å²) in [6.45, 7) is 0.903. The third kappa shape index (κ3) is 5.93. The van der Waals surface area contributed by atoms with E-state index in [-0.39, 0.29) is 6.07 Å². The van der Waals surface area contributed by atoms with E-state index < -0.39 is 40.5 Å². The average molecular weight is 308 g/mol. The lowest BCUT2D eigenvalue weighted by molar-refractivity contribution is -0.143. The van der Waals surface area contributed by atoms with E-state index in [1.165, 1.54) is 0 Å². The maximum Gasteiger partial charge on any atom is 0.403 e. The molecule has 1 aromatic carbocycles. The number of alkyl halides is 3. The first-order valence-electron chi connectivity index (χ1n) is 4.63. The molecule has 1 atom stereocenters. The highest BCUT2D eigenvalue weighted by molar-refractivity contribution is 6.67. The highest BCUT2D eigenvalue weighted by atomic mass is 35.5. The lowest BCUT2D eigenvalue weighted by Crippen LogP contribution is -2.33. The molecule has 1 rings (SSSR count). The van der Waals surface area contributed by atoms with Crippen LogP contribution < -0.4 is 5.73 Å². The number of carbonyl (C=O) groups is 1. The molecule has 0 aromatic heterocycles. The van der Waals surface area contributed by atoms with Crippen LogP contribution in [-0.4, -0.2) is 17.5 Å². The van der Waals surface area contributed by atoms with E-state index in [2.05, 4.69) is 5.73 Å². The molecule has 0 bridgehead atoms. The molecule has 0 aliphatic heterocycles. The molecule has 2 N–H and O–H groups in total. The number of carbonyl (C=O) groups excluding carboxylic acids is 1. The smallest absolute Gasteiger partial charge is 0.320 e. The van der Waals surface area contributed by atoms with Crippen molar-refractivity contribution < 1.29 is 31.1 Å². The van der Waals surface area contributed by atoms with Crippen LogP contribution in [0.2, 0.25) is 0 Å². The molecule has 0 fully saturated rings. The van der Waals surface area contributed by atoms with Crippen molar-refractivity contribution in [2.75, 3.05) is 0 Å². The summed E-state index contributed by atoms with van der Waals surface area (Å²) in [6.07, 6.45) is -4.22. The van der Waals surface area contributed by atoms with Gasteiger partial charge in [0.2, 0.25) is 0 Å². The second kappa shape index (κ2) is 6.76. The van der Waals surface area contributed by atoms with Crippen molar-refractivity contribution in [2.24, 2.45) is 5.73 Å². The predicted octanol–water partition coefficient (Wildman–Crippen LogP) is 3.38. The van der Waals surface area contributed by atoms with Gasteiger partial charge < -0.3 is 5.73 Å². The van der Waals surface area contributed by atoms with Gasteiger partial charge >= 0.3 is 6.18 Å². The first-order chi connectivity index (χ1) is 8.46. The average Bonchev–Trinajstić information content (AvgIpc) is 2.22. The summed E-state index contributed by atoms with van der Waals surface area (Å²) >= 11 is 4.86. The molecule has 0 spiro atoms. The fourth-order valence-corrected chi connectivity index (χ4v) is 0.818. The first-order valence-corrected chi connectivity index (χ1v) is 5.01. The van der Waals surface area contributed by atoms with Crippen LogP contribution in [0.1, 0.15) is 17.3 Å². The summed E-state index contributed by atoms with van der Waals surface area (Å²) in [5, 5.41) is -1.16. The third-order valence-electron chi connectivity index (χ3n) is 1.74. The molecule has 108 valence electrons. The number of benzene rings is 1. The fraction of sp³-hybridized carbons (Fsp3) is 0.300. The minimum Gasteiger partial charge on any atom is -0.320 e. The Morgan fingerprint density at radius 3 is 1.84 bits per heavy atom. The van der Waals surface area contributed by atoms with Crippen molar-refractivity contribution in [1.29, 1.82) is 0 Å². The first kappa shape index (κ1) is 17.7. The number of hydrogen-bond donors (Lipinski definition) is 1. The molecule has 0 radical (unpaired) electrons. The fourth-order valence-electron chi connectivity index (χ4n) is 0.673. The summed E-state index contributed by atoms with van der Waals surface area (Å²) in [7, 11) is 0. The Bertz CT molecular complexity index is 460. The number of rotatable bonds is 1. The predicted molar refractivity (Wildman–Crippen MR) is 56.2 cm³/mol. The molecule has 0 saturated heterocycles. The molecular formula is C10H8ClF6NO. The Morgan fingerprint density at radius 2 is 1.53 bits per heavy atom. The minimum absolute atomic E-state index is 0.269. The zero-order valence-corrected chi connectivity index (χ0v) is 10.1. The molecule has 2 nitrogen and oxygen atoms in total. The van der Waals surface area contributed by atoms with Crippen LogP contribution in [0.15, 0.2) is 12.1 Å². The van der Waals surface area contributed by atoms with Gasteiger partial charge in [0.25, 0.3) is 5.24 Å². The largest absolute Gasteiger partial charge is 0.403 e. The van der Waals surface area contributed by atoms with Crippen molar-refractivity contribution in [3.63, 3.8) is 0 Å². The maximum atomic E-state index is 12.6. The molecule has 0 heterocycles. The Balaban J connectivity index is 0.000000399. The monoisotopic (exact) mass is 307 g/mol. The van der Waals surface area contributed by atoms with Gasteiger partial charge in [0.15, 0.2) is 11.6 Å². The van der Waals surface area contributed by atoms with Crippen LogP contribution in [0.3, 0.4) is 0 Å². The summed E-state index contributed by atoms with van der Waals surface area (Å²) in [4.78, 5) is 10.4. The Morgan fingerprint density at radius 1 is 1.16 bits per heavy atom. The minimum atomic E-state index is -4.22. The van der Waals surface area contributed by atoms with Gasteiger partial charge in [-0.05, 0) is 24.6 Å². The zero-order chi connectivity index (χ0) is 15.4. The lowest BCUT2D eigenvalue weighted by Gasteiger charge is -2.07.